The maximum absolute atomic E-state index is 11.8. The zero-order valence-corrected chi connectivity index (χ0v) is 9.89. The SMILES string of the molecule is C[n+]1ccn(CC(=O)N(O)c2ccc(O)cc2)c1. The number of phenols is 1. The number of carbonyl (C=O) groups excluding carboxylic acids is 1. The average Bonchev–Trinajstić information content (AvgIpc) is 2.75. The van der Waals surface area contributed by atoms with E-state index in [9.17, 15) is 10.0 Å². The summed E-state index contributed by atoms with van der Waals surface area (Å²) in [6, 6.07) is 5.73. The fourth-order valence-electron chi connectivity index (χ4n) is 1.56. The summed E-state index contributed by atoms with van der Waals surface area (Å²) in [4.78, 5) is 11.8. The number of amides is 1. The van der Waals surface area contributed by atoms with Crippen LogP contribution >= 0.6 is 0 Å². The number of hydroxylamine groups is 1. The van der Waals surface area contributed by atoms with Crippen LogP contribution in [-0.2, 0) is 18.4 Å². The number of aromatic nitrogens is 2. The minimum Gasteiger partial charge on any atom is -0.508 e. The van der Waals surface area contributed by atoms with E-state index in [0.29, 0.717) is 10.8 Å². The first-order valence-corrected chi connectivity index (χ1v) is 5.38. The van der Waals surface area contributed by atoms with Crippen LogP contribution in [0.15, 0.2) is 43.0 Å². The lowest BCUT2D eigenvalue weighted by Crippen LogP contribution is -2.31. The summed E-state index contributed by atoms with van der Waals surface area (Å²) in [5.74, 6) is -0.381. The number of rotatable bonds is 3. The van der Waals surface area contributed by atoms with Crippen LogP contribution in [-0.4, -0.2) is 20.8 Å². The number of anilines is 1. The molecular weight excluding hydrogens is 234 g/mol. The Bertz CT molecular complexity index is 548. The summed E-state index contributed by atoms with van der Waals surface area (Å²) in [5.41, 5.74) is 0.314. The van der Waals surface area contributed by atoms with Crippen molar-refractivity contribution in [1.29, 1.82) is 0 Å². The maximum atomic E-state index is 11.8. The number of hydrogen-bond donors (Lipinski definition) is 2. The van der Waals surface area contributed by atoms with Crippen LogP contribution in [0.25, 0.3) is 0 Å². The van der Waals surface area contributed by atoms with E-state index in [4.69, 9.17) is 5.11 Å². The minimum absolute atomic E-state index is 0.0399. The highest BCUT2D eigenvalue weighted by Gasteiger charge is 2.16. The Morgan fingerprint density at radius 3 is 2.61 bits per heavy atom. The molecule has 0 radical (unpaired) electrons. The maximum Gasteiger partial charge on any atom is 0.292 e. The zero-order chi connectivity index (χ0) is 13.1. The van der Waals surface area contributed by atoms with Crippen molar-refractivity contribution in [2.75, 3.05) is 5.06 Å². The molecule has 0 aliphatic heterocycles. The second kappa shape index (κ2) is 4.89. The van der Waals surface area contributed by atoms with Crippen LogP contribution in [0.4, 0.5) is 5.69 Å². The molecule has 6 heteroatoms. The Labute approximate surface area is 104 Å². The number of hydrogen-bond acceptors (Lipinski definition) is 3. The van der Waals surface area contributed by atoms with Gasteiger partial charge in [0.25, 0.3) is 5.91 Å². The molecule has 1 heterocycles. The fourth-order valence-corrected chi connectivity index (χ4v) is 1.56. The molecule has 0 bridgehead atoms. The summed E-state index contributed by atoms with van der Waals surface area (Å²) in [5, 5.41) is 19.4. The van der Waals surface area contributed by atoms with Crippen LogP contribution < -0.4 is 9.63 Å². The third-order valence-electron chi connectivity index (χ3n) is 2.47. The van der Waals surface area contributed by atoms with Crippen LogP contribution in [0.1, 0.15) is 0 Å². The van der Waals surface area contributed by atoms with E-state index in [1.807, 2.05) is 7.05 Å². The quantitative estimate of drug-likeness (QED) is 0.470. The van der Waals surface area contributed by atoms with Gasteiger partial charge in [0.1, 0.15) is 18.1 Å². The number of aromatic hydroxyl groups is 1. The second-order valence-electron chi connectivity index (χ2n) is 3.97. The Morgan fingerprint density at radius 2 is 2.06 bits per heavy atom. The second-order valence-corrected chi connectivity index (χ2v) is 3.97. The van der Waals surface area contributed by atoms with Gasteiger partial charge in [-0.25, -0.2) is 9.13 Å². The number of aryl methyl sites for hydroxylation is 1. The van der Waals surface area contributed by atoms with Gasteiger partial charge >= 0.3 is 0 Å². The van der Waals surface area contributed by atoms with Gasteiger partial charge in [-0.1, -0.05) is 0 Å². The molecule has 0 unspecified atom stereocenters. The van der Waals surface area contributed by atoms with Crippen LogP contribution in [0.5, 0.6) is 5.75 Å². The highest BCUT2D eigenvalue weighted by atomic mass is 16.5. The molecule has 18 heavy (non-hydrogen) atoms. The van der Waals surface area contributed by atoms with Gasteiger partial charge in [0, 0.05) is 0 Å². The first-order chi connectivity index (χ1) is 8.56. The van der Waals surface area contributed by atoms with Gasteiger partial charge in [-0.15, -0.1) is 0 Å². The van der Waals surface area contributed by atoms with E-state index in [-0.39, 0.29) is 12.3 Å². The Kier molecular flexibility index (Phi) is 3.29. The molecule has 0 saturated carbocycles. The first-order valence-electron chi connectivity index (χ1n) is 5.38. The fraction of sp³-hybridized carbons (Fsp3) is 0.167. The van der Waals surface area contributed by atoms with Crippen molar-refractivity contribution in [1.82, 2.24) is 4.57 Å². The lowest BCUT2D eigenvalue weighted by Gasteiger charge is -2.13. The molecule has 2 N–H and O–H groups in total. The van der Waals surface area contributed by atoms with Crippen molar-refractivity contribution in [3.63, 3.8) is 0 Å². The molecule has 0 atom stereocenters. The molecule has 94 valence electrons. The molecule has 1 amide bonds. The van der Waals surface area contributed by atoms with E-state index in [0.717, 1.165) is 0 Å². The predicted molar refractivity (Wildman–Crippen MR) is 63.0 cm³/mol. The number of imidazole rings is 1. The van der Waals surface area contributed by atoms with Crippen LogP contribution in [0.2, 0.25) is 0 Å². The molecule has 0 saturated heterocycles. The number of carbonyl (C=O) groups is 1. The summed E-state index contributed by atoms with van der Waals surface area (Å²) < 4.78 is 3.46. The first kappa shape index (κ1) is 12.1. The normalized spacial score (nSPS) is 10.3. The molecule has 2 aromatic rings. The molecule has 0 spiro atoms. The van der Waals surface area contributed by atoms with E-state index in [1.165, 1.54) is 24.3 Å². The summed E-state index contributed by atoms with van der Waals surface area (Å²) in [7, 11) is 1.84. The Hall–Kier alpha value is -2.34. The number of phenolic OH excluding ortho intramolecular Hbond substituents is 1. The Morgan fingerprint density at radius 1 is 1.39 bits per heavy atom. The topological polar surface area (TPSA) is 69.6 Å². The molecule has 1 aromatic carbocycles. The predicted octanol–water partition coefficient (Wildman–Crippen LogP) is 0.441. The third-order valence-corrected chi connectivity index (χ3v) is 2.47. The standard InChI is InChI=1S/C12H13N3O3/c1-13-6-7-14(9-13)8-12(17)15(18)10-2-4-11(16)5-3-10/h2-7,9,18H,8H2,1H3/p+1. The summed E-state index contributed by atoms with van der Waals surface area (Å²) >= 11 is 0. The van der Waals surface area contributed by atoms with Crippen molar-refractivity contribution in [3.05, 3.63) is 43.0 Å². The van der Waals surface area contributed by atoms with Gasteiger partial charge in [-0.3, -0.25) is 10.0 Å². The molecule has 0 fully saturated rings. The lowest BCUT2D eigenvalue weighted by molar-refractivity contribution is -0.671. The summed E-state index contributed by atoms with van der Waals surface area (Å²) in [6.45, 7) is 0.0399. The van der Waals surface area contributed by atoms with Crippen molar-refractivity contribution in [2.45, 2.75) is 6.54 Å². The van der Waals surface area contributed by atoms with Gasteiger partial charge in [-0.05, 0) is 24.3 Å². The average molecular weight is 248 g/mol. The van der Waals surface area contributed by atoms with Crippen molar-refractivity contribution in [2.24, 2.45) is 7.05 Å². The zero-order valence-electron chi connectivity index (χ0n) is 9.89. The molecular formula is C12H14N3O3+. The van der Waals surface area contributed by atoms with Crippen molar-refractivity contribution < 1.29 is 19.7 Å². The monoisotopic (exact) mass is 248 g/mol. The van der Waals surface area contributed by atoms with E-state index < -0.39 is 5.91 Å². The van der Waals surface area contributed by atoms with Crippen LogP contribution in [0, 0.1) is 0 Å². The highest BCUT2D eigenvalue weighted by Crippen LogP contribution is 2.17. The van der Waals surface area contributed by atoms with Gasteiger partial charge in [0.15, 0.2) is 6.54 Å². The van der Waals surface area contributed by atoms with Gasteiger partial charge < -0.3 is 5.11 Å². The smallest absolute Gasteiger partial charge is 0.292 e. The van der Waals surface area contributed by atoms with E-state index >= 15 is 0 Å². The molecule has 0 aliphatic carbocycles. The molecule has 2 rings (SSSR count). The van der Waals surface area contributed by atoms with Gasteiger partial charge in [0.2, 0.25) is 6.33 Å². The van der Waals surface area contributed by atoms with Crippen molar-refractivity contribution >= 4 is 11.6 Å². The van der Waals surface area contributed by atoms with E-state index in [1.54, 1.807) is 27.9 Å². The molecule has 0 aliphatic rings. The van der Waals surface area contributed by atoms with Gasteiger partial charge in [-0.2, -0.15) is 5.06 Å². The highest BCUT2D eigenvalue weighted by molar-refractivity contribution is 5.90. The molecule has 1 aromatic heterocycles. The lowest BCUT2D eigenvalue weighted by atomic mass is 10.3. The molecule has 6 nitrogen and oxygen atoms in total. The largest absolute Gasteiger partial charge is 0.508 e. The van der Waals surface area contributed by atoms with Crippen LogP contribution in [0.3, 0.4) is 0 Å². The third kappa shape index (κ3) is 2.67. The van der Waals surface area contributed by atoms with Crippen molar-refractivity contribution in [3.8, 4) is 5.75 Å². The van der Waals surface area contributed by atoms with Gasteiger partial charge in [0.05, 0.1) is 12.7 Å². The Balaban J connectivity index is 2.07. The minimum atomic E-state index is -0.461. The summed E-state index contributed by atoms with van der Waals surface area (Å²) in [6.07, 6.45) is 5.28. The van der Waals surface area contributed by atoms with E-state index in [2.05, 4.69) is 0 Å². The number of nitrogens with zero attached hydrogens (tertiary/aromatic N) is 3. The number of benzene rings is 1.